The molecule has 150 valence electrons. The van der Waals surface area contributed by atoms with E-state index in [1.807, 2.05) is 12.1 Å². The summed E-state index contributed by atoms with van der Waals surface area (Å²) in [7, 11) is 3.20. The van der Waals surface area contributed by atoms with Gasteiger partial charge in [-0.3, -0.25) is 14.0 Å². The summed E-state index contributed by atoms with van der Waals surface area (Å²) in [5.41, 5.74) is 2.71. The Morgan fingerprint density at radius 2 is 2.00 bits per heavy atom. The highest BCUT2D eigenvalue weighted by Crippen LogP contribution is 2.39. The molecular weight excluding hydrogens is 372 g/mol. The van der Waals surface area contributed by atoms with E-state index < -0.39 is 0 Å². The topological polar surface area (TPSA) is 94.8 Å². The molecule has 0 saturated heterocycles. The number of nitrogens with zero attached hydrogens (tertiary/aromatic N) is 3. The molecule has 1 aromatic carbocycles. The zero-order valence-electron chi connectivity index (χ0n) is 16.3. The van der Waals surface area contributed by atoms with E-state index >= 15 is 0 Å². The third-order valence-corrected chi connectivity index (χ3v) is 5.22. The van der Waals surface area contributed by atoms with E-state index in [1.54, 1.807) is 38.6 Å². The van der Waals surface area contributed by atoms with E-state index in [9.17, 15) is 9.59 Å². The lowest BCUT2D eigenvalue weighted by Crippen LogP contribution is -2.29. The number of amides is 1. The molecule has 1 N–H and O–H groups in total. The number of ether oxygens (including phenoxy) is 2. The lowest BCUT2D eigenvalue weighted by Gasteiger charge is -2.16. The summed E-state index contributed by atoms with van der Waals surface area (Å²) >= 11 is 0. The van der Waals surface area contributed by atoms with E-state index in [-0.39, 0.29) is 36.0 Å². The lowest BCUT2D eigenvalue weighted by molar-refractivity contribution is -0.121. The maximum atomic E-state index is 12.5. The summed E-state index contributed by atoms with van der Waals surface area (Å²) in [6.07, 6.45) is 3.73. The van der Waals surface area contributed by atoms with Gasteiger partial charge in [0.1, 0.15) is 5.69 Å². The number of methoxy groups -OCH3 is 2. The van der Waals surface area contributed by atoms with Crippen LogP contribution >= 0.6 is 0 Å². The van der Waals surface area contributed by atoms with Crippen LogP contribution in [0, 0.1) is 0 Å². The molecule has 1 amide bonds. The fraction of sp³-hybridized carbons (Fsp3) is 0.333. The van der Waals surface area contributed by atoms with Crippen LogP contribution in [-0.2, 0) is 17.6 Å². The Bertz CT molecular complexity index is 1130. The zero-order valence-corrected chi connectivity index (χ0v) is 16.3. The first-order chi connectivity index (χ1) is 14.1. The molecule has 1 aliphatic rings. The van der Waals surface area contributed by atoms with Crippen LogP contribution in [0.1, 0.15) is 35.7 Å². The molecule has 0 spiro atoms. The van der Waals surface area contributed by atoms with Crippen molar-refractivity contribution < 1.29 is 14.3 Å². The van der Waals surface area contributed by atoms with Gasteiger partial charge >= 0.3 is 0 Å². The largest absolute Gasteiger partial charge is 0.493 e. The van der Waals surface area contributed by atoms with Crippen molar-refractivity contribution in [1.82, 2.24) is 19.9 Å². The maximum absolute atomic E-state index is 12.5. The minimum absolute atomic E-state index is 0.0823. The SMILES string of the molecule is COc1cc2c(cc1OC)C(NC(=O)CCc1nnc3ccccn3c1=O)CC2. The average Bonchev–Trinajstić information content (AvgIpc) is 3.13. The highest BCUT2D eigenvalue weighted by atomic mass is 16.5. The van der Waals surface area contributed by atoms with Gasteiger partial charge in [0.25, 0.3) is 5.56 Å². The zero-order chi connectivity index (χ0) is 20.4. The number of nitrogens with one attached hydrogen (secondary N) is 1. The lowest BCUT2D eigenvalue weighted by atomic mass is 10.1. The number of carbonyl (C=O) groups excluding carboxylic acids is 1. The van der Waals surface area contributed by atoms with Crippen molar-refractivity contribution in [3.8, 4) is 11.5 Å². The van der Waals surface area contributed by atoms with Crippen molar-refractivity contribution in [3.63, 3.8) is 0 Å². The van der Waals surface area contributed by atoms with Crippen LogP contribution in [-0.4, -0.2) is 34.7 Å². The summed E-state index contributed by atoms with van der Waals surface area (Å²) in [5.74, 6) is 1.21. The molecule has 8 heteroatoms. The Morgan fingerprint density at radius 3 is 2.79 bits per heavy atom. The van der Waals surface area contributed by atoms with E-state index in [0.717, 1.165) is 24.0 Å². The third kappa shape index (κ3) is 3.65. The van der Waals surface area contributed by atoms with E-state index in [4.69, 9.17) is 9.47 Å². The van der Waals surface area contributed by atoms with Crippen LogP contribution in [0.2, 0.25) is 0 Å². The quantitative estimate of drug-likeness (QED) is 0.686. The van der Waals surface area contributed by atoms with Crippen LogP contribution in [0.15, 0.2) is 41.3 Å². The number of hydrogen-bond donors (Lipinski definition) is 1. The van der Waals surface area contributed by atoms with Crippen LogP contribution in [0.4, 0.5) is 0 Å². The van der Waals surface area contributed by atoms with Gasteiger partial charge < -0.3 is 14.8 Å². The first-order valence-electron chi connectivity index (χ1n) is 9.48. The Morgan fingerprint density at radius 1 is 1.21 bits per heavy atom. The number of carbonyl (C=O) groups is 1. The molecule has 0 aliphatic heterocycles. The molecule has 2 aromatic heterocycles. The van der Waals surface area contributed by atoms with Gasteiger partial charge in [0.2, 0.25) is 5.91 Å². The van der Waals surface area contributed by atoms with Crippen LogP contribution < -0.4 is 20.3 Å². The van der Waals surface area contributed by atoms with Gasteiger partial charge in [-0.05, 0) is 48.2 Å². The summed E-state index contributed by atoms with van der Waals surface area (Å²) in [6, 6.07) is 9.07. The Balaban J connectivity index is 1.44. The number of fused-ring (bicyclic) bond motifs is 2. The summed E-state index contributed by atoms with van der Waals surface area (Å²) in [4.78, 5) is 25.0. The first kappa shape index (κ1) is 18.9. The average molecular weight is 394 g/mol. The van der Waals surface area contributed by atoms with E-state index in [2.05, 4.69) is 15.5 Å². The smallest absolute Gasteiger partial charge is 0.279 e. The molecule has 0 saturated carbocycles. The molecule has 0 radical (unpaired) electrons. The number of aryl methyl sites for hydroxylation is 2. The molecule has 3 aromatic rings. The number of pyridine rings is 1. The second-order valence-electron chi connectivity index (χ2n) is 6.95. The number of rotatable bonds is 6. The second-order valence-corrected chi connectivity index (χ2v) is 6.95. The molecule has 29 heavy (non-hydrogen) atoms. The first-order valence-corrected chi connectivity index (χ1v) is 9.48. The normalized spacial score (nSPS) is 15.2. The van der Waals surface area contributed by atoms with Gasteiger partial charge in [-0.1, -0.05) is 6.07 Å². The van der Waals surface area contributed by atoms with Gasteiger partial charge in [-0.2, -0.15) is 0 Å². The van der Waals surface area contributed by atoms with Gasteiger partial charge in [-0.15, -0.1) is 10.2 Å². The fourth-order valence-corrected chi connectivity index (χ4v) is 3.72. The van der Waals surface area contributed by atoms with E-state index in [1.165, 1.54) is 4.40 Å². The molecule has 0 bridgehead atoms. The Labute approximate surface area is 167 Å². The standard InChI is InChI=1S/C21H22N4O4/c1-28-17-11-13-6-7-15(14(13)12-18(17)29-2)22-20(26)9-8-16-21(27)25-10-4-3-5-19(25)24-23-16/h3-5,10-12,15H,6-9H2,1-2H3,(H,22,26). The Kier molecular flexibility index (Phi) is 5.16. The van der Waals surface area contributed by atoms with Crippen molar-refractivity contribution in [2.45, 2.75) is 31.7 Å². The molecule has 1 aliphatic carbocycles. The van der Waals surface area contributed by atoms with Crippen LogP contribution in [0.3, 0.4) is 0 Å². The van der Waals surface area contributed by atoms with Crippen molar-refractivity contribution in [2.24, 2.45) is 0 Å². The molecule has 1 unspecified atom stereocenters. The highest BCUT2D eigenvalue weighted by molar-refractivity contribution is 5.77. The summed E-state index contributed by atoms with van der Waals surface area (Å²) in [5, 5.41) is 11.1. The molecule has 2 heterocycles. The van der Waals surface area contributed by atoms with Gasteiger partial charge in [0.15, 0.2) is 17.1 Å². The fourth-order valence-electron chi connectivity index (χ4n) is 3.72. The number of hydrogen-bond acceptors (Lipinski definition) is 6. The van der Waals surface area contributed by atoms with E-state index in [0.29, 0.717) is 17.1 Å². The molecule has 8 nitrogen and oxygen atoms in total. The van der Waals surface area contributed by atoms with Crippen LogP contribution in [0.5, 0.6) is 11.5 Å². The molecule has 1 atom stereocenters. The van der Waals surface area contributed by atoms with Gasteiger partial charge in [0.05, 0.1) is 20.3 Å². The second kappa shape index (κ2) is 7.90. The predicted octanol–water partition coefficient (Wildman–Crippen LogP) is 1.84. The van der Waals surface area contributed by atoms with Crippen molar-refractivity contribution >= 4 is 11.6 Å². The minimum Gasteiger partial charge on any atom is -0.493 e. The van der Waals surface area contributed by atoms with Crippen molar-refractivity contribution in [2.75, 3.05) is 14.2 Å². The molecular formula is C21H22N4O4. The predicted molar refractivity (Wildman–Crippen MR) is 106 cm³/mol. The summed E-state index contributed by atoms with van der Waals surface area (Å²) in [6.45, 7) is 0. The monoisotopic (exact) mass is 394 g/mol. The van der Waals surface area contributed by atoms with Crippen molar-refractivity contribution in [1.29, 1.82) is 0 Å². The highest BCUT2D eigenvalue weighted by Gasteiger charge is 2.26. The van der Waals surface area contributed by atoms with Gasteiger partial charge in [-0.25, -0.2) is 0 Å². The molecule has 0 fully saturated rings. The molecule has 4 rings (SSSR count). The minimum atomic E-state index is -0.244. The Hall–Kier alpha value is -3.42. The summed E-state index contributed by atoms with van der Waals surface area (Å²) < 4.78 is 12.2. The van der Waals surface area contributed by atoms with Crippen LogP contribution in [0.25, 0.3) is 5.65 Å². The van der Waals surface area contributed by atoms with Crippen molar-refractivity contribution in [3.05, 3.63) is 63.7 Å². The number of benzene rings is 1. The number of aromatic nitrogens is 3. The maximum Gasteiger partial charge on any atom is 0.279 e. The van der Waals surface area contributed by atoms with Gasteiger partial charge in [0, 0.05) is 19.0 Å². The third-order valence-electron chi connectivity index (χ3n) is 5.22.